The van der Waals surface area contributed by atoms with Crippen LogP contribution in [0.25, 0.3) is 11.0 Å². The molecule has 3 rings (SSSR count). The maximum absolute atomic E-state index is 6.23. The van der Waals surface area contributed by atoms with Gasteiger partial charge in [0.05, 0.1) is 12.1 Å². The van der Waals surface area contributed by atoms with Gasteiger partial charge in [0.25, 0.3) is 0 Å². The van der Waals surface area contributed by atoms with Crippen LogP contribution in [0.1, 0.15) is 43.9 Å². The van der Waals surface area contributed by atoms with Crippen molar-refractivity contribution in [2.45, 2.75) is 44.2 Å². The van der Waals surface area contributed by atoms with E-state index in [1.54, 1.807) is 0 Å². The van der Waals surface area contributed by atoms with E-state index in [1.165, 1.54) is 19.3 Å². The van der Waals surface area contributed by atoms with Crippen LogP contribution >= 0.6 is 0 Å². The first kappa shape index (κ1) is 12.7. The van der Waals surface area contributed by atoms with E-state index in [9.17, 15) is 0 Å². The predicted molar refractivity (Wildman–Crippen MR) is 76.0 cm³/mol. The first-order valence-corrected chi connectivity index (χ1v) is 7.18. The van der Waals surface area contributed by atoms with Crippen molar-refractivity contribution >= 4 is 11.0 Å². The predicted octanol–water partition coefficient (Wildman–Crippen LogP) is 3.78. The molecule has 3 heteroatoms. The number of nitrogens with two attached hydrogens (primary N) is 1. The summed E-state index contributed by atoms with van der Waals surface area (Å²) in [5.74, 6) is 0.886. The Kier molecular flexibility index (Phi) is 3.85. The lowest BCUT2D eigenvalue weighted by molar-refractivity contribution is 0.00887. The number of rotatable bonds is 4. The molecule has 0 amide bonds. The molecule has 0 bridgehead atoms. The van der Waals surface area contributed by atoms with E-state index in [4.69, 9.17) is 14.9 Å². The van der Waals surface area contributed by atoms with E-state index >= 15 is 0 Å². The maximum Gasteiger partial charge on any atom is 0.134 e. The van der Waals surface area contributed by atoms with Gasteiger partial charge in [0.2, 0.25) is 0 Å². The first-order chi connectivity index (χ1) is 9.33. The van der Waals surface area contributed by atoms with Crippen molar-refractivity contribution in [3.8, 4) is 0 Å². The highest BCUT2D eigenvalue weighted by atomic mass is 16.5. The van der Waals surface area contributed by atoms with Crippen LogP contribution in [0.15, 0.2) is 34.7 Å². The maximum atomic E-state index is 6.23. The van der Waals surface area contributed by atoms with Gasteiger partial charge in [-0.3, -0.25) is 0 Å². The van der Waals surface area contributed by atoms with E-state index in [0.717, 1.165) is 36.2 Å². The fraction of sp³-hybridized carbons (Fsp3) is 0.500. The Morgan fingerprint density at radius 1 is 1.26 bits per heavy atom. The standard InChI is InChI=1S/C16H21NO2/c17-14(9-8-13-6-3-4-10-18-13)16-11-12-5-1-2-7-15(12)19-16/h1-2,5,7,11,13-14H,3-4,6,8-10,17H2. The van der Waals surface area contributed by atoms with Crippen LogP contribution in [0.3, 0.4) is 0 Å². The second-order valence-corrected chi connectivity index (χ2v) is 5.36. The Hall–Kier alpha value is -1.32. The first-order valence-electron chi connectivity index (χ1n) is 7.18. The van der Waals surface area contributed by atoms with Crippen molar-refractivity contribution in [1.82, 2.24) is 0 Å². The molecule has 0 radical (unpaired) electrons. The topological polar surface area (TPSA) is 48.4 Å². The van der Waals surface area contributed by atoms with Gasteiger partial charge in [-0.2, -0.15) is 0 Å². The number of ether oxygens (including phenoxy) is 1. The number of benzene rings is 1. The molecule has 19 heavy (non-hydrogen) atoms. The summed E-state index contributed by atoms with van der Waals surface area (Å²) < 4.78 is 11.5. The van der Waals surface area contributed by atoms with Crippen molar-refractivity contribution in [1.29, 1.82) is 0 Å². The number of para-hydroxylation sites is 1. The quantitative estimate of drug-likeness (QED) is 0.909. The Bertz CT molecular complexity index is 495. The minimum atomic E-state index is -0.0297. The Labute approximate surface area is 113 Å². The molecule has 1 aliphatic rings. The minimum Gasteiger partial charge on any atom is -0.459 e. The largest absolute Gasteiger partial charge is 0.459 e. The zero-order valence-corrected chi connectivity index (χ0v) is 11.2. The van der Waals surface area contributed by atoms with Gasteiger partial charge in [0, 0.05) is 12.0 Å². The summed E-state index contributed by atoms with van der Waals surface area (Å²) in [5, 5.41) is 1.13. The molecule has 2 unspecified atom stereocenters. The van der Waals surface area contributed by atoms with Crippen molar-refractivity contribution in [2.24, 2.45) is 5.73 Å². The molecule has 0 saturated carbocycles. The summed E-state index contributed by atoms with van der Waals surface area (Å²) in [4.78, 5) is 0. The van der Waals surface area contributed by atoms with Crippen LogP contribution in [0.4, 0.5) is 0 Å². The molecule has 0 spiro atoms. The van der Waals surface area contributed by atoms with Crippen molar-refractivity contribution in [3.05, 3.63) is 36.1 Å². The van der Waals surface area contributed by atoms with Crippen LogP contribution in [0.2, 0.25) is 0 Å². The molecule has 0 aliphatic carbocycles. The van der Waals surface area contributed by atoms with Gasteiger partial charge in [-0.05, 0) is 44.2 Å². The molecular formula is C16H21NO2. The van der Waals surface area contributed by atoms with E-state index in [0.29, 0.717) is 6.10 Å². The Morgan fingerprint density at radius 3 is 2.95 bits per heavy atom. The summed E-state index contributed by atoms with van der Waals surface area (Å²) in [6.45, 7) is 0.907. The van der Waals surface area contributed by atoms with E-state index in [2.05, 4.69) is 12.1 Å². The molecule has 1 saturated heterocycles. The van der Waals surface area contributed by atoms with Gasteiger partial charge < -0.3 is 14.9 Å². The van der Waals surface area contributed by atoms with Gasteiger partial charge >= 0.3 is 0 Å². The fourth-order valence-corrected chi connectivity index (χ4v) is 2.73. The van der Waals surface area contributed by atoms with Gasteiger partial charge in [-0.1, -0.05) is 18.2 Å². The SMILES string of the molecule is NC(CCC1CCCCO1)c1cc2ccccc2o1. The highest BCUT2D eigenvalue weighted by Gasteiger charge is 2.17. The average Bonchev–Trinajstić information content (AvgIpc) is 2.90. The van der Waals surface area contributed by atoms with Gasteiger partial charge in [0.1, 0.15) is 11.3 Å². The smallest absolute Gasteiger partial charge is 0.134 e. The Balaban J connectivity index is 1.61. The highest BCUT2D eigenvalue weighted by molar-refractivity contribution is 5.77. The normalized spacial score (nSPS) is 21.6. The molecular weight excluding hydrogens is 238 g/mol. The lowest BCUT2D eigenvalue weighted by atomic mass is 10.0. The van der Waals surface area contributed by atoms with Crippen LogP contribution < -0.4 is 5.73 Å². The third kappa shape index (κ3) is 2.99. The van der Waals surface area contributed by atoms with E-state index in [1.807, 2.05) is 18.2 Å². The van der Waals surface area contributed by atoms with Crippen LogP contribution in [-0.4, -0.2) is 12.7 Å². The van der Waals surface area contributed by atoms with E-state index < -0.39 is 0 Å². The van der Waals surface area contributed by atoms with Crippen molar-refractivity contribution < 1.29 is 9.15 Å². The van der Waals surface area contributed by atoms with Crippen LogP contribution in [0.5, 0.6) is 0 Å². The van der Waals surface area contributed by atoms with Gasteiger partial charge in [0.15, 0.2) is 0 Å². The molecule has 2 heterocycles. The zero-order valence-electron chi connectivity index (χ0n) is 11.2. The Morgan fingerprint density at radius 2 is 2.16 bits per heavy atom. The average molecular weight is 259 g/mol. The number of furan rings is 1. The number of hydrogen-bond acceptors (Lipinski definition) is 3. The second kappa shape index (κ2) is 5.76. The van der Waals surface area contributed by atoms with Crippen LogP contribution in [0, 0.1) is 0 Å². The van der Waals surface area contributed by atoms with Crippen molar-refractivity contribution in [2.75, 3.05) is 6.61 Å². The fourth-order valence-electron chi connectivity index (χ4n) is 2.73. The highest BCUT2D eigenvalue weighted by Crippen LogP contribution is 2.26. The van der Waals surface area contributed by atoms with Gasteiger partial charge in [-0.15, -0.1) is 0 Å². The monoisotopic (exact) mass is 259 g/mol. The zero-order chi connectivity index (χ0) is 13.1. The molecule has 2 aromatic rings. The molecule has 1 fully saturated rings. The molecule has 3 nitrogen and oxygen atoms in total. The summed E-state index contributed by atoms with van der Waals surface area (Å²) in [6.07, 6.45) is 6.00. The van der Waals surface area contributed by atoms with Crippen molar-refractivity contribution in [3.63, 3.8) is 0 Å². The molecule has 2 atom stereocenters. The second-order valence-electron chi connectivity index (χ2n) is 5.36. The molecule has 102 valence electrons. The summed E-state index contributed by atoms with van der Waals surface area (Å²) in [7, 11) is 0. The summed E-state index contributed by atoms with van der Waals surface area (Å²) in [6, 6.07) is 10.1. The molecule has 1 aromatic carbocycles. The molecule has 1 aliphatic heterocycles. The molecule has 2 N–H and O–H groups in total. The summed E-state index contributed by atoms with van der Waals surface area (Å²) >= 11 is 0. The van der Waals surface area contributed by atoms with Crippen LogP contribution in [-0.2, 0) is 4.74 Å². The number of fused-ring (bicyclic) bond motifs is 1. The van der Waals surface area contributed by atoms with E-state index in [-0.39, 0.29) is 6.04 Å². The minimum absolute atomic E-state index is 0.0297. The third-order valence-electron chi connectivity index (χ3n) is 3.88. The number of hydrogen-bond donors (Lipinski definition) is 1. The lowest BCUT2D eigenvalue weighted by Crippen LogP contribution is -2.21. The third-order valence-corrected chi connectivity index (χ3v) is 3.88. The summed E-state index contributed by atoms with van der Waals surface area (Å²) in [5.41, 5.74) is 7.15. The molecule has 1 aromatic heterocycles. The van der Waals surface area contributed by atoms with Gasteiger partial charge in [-0.25, -0.2) is 0 Å². The lowest BCUT2D eigenvalue weighted by Gasteiger charge is -2.23.